The van der Waals surface area contributed by atoms with Crippen molar-refractivity contribution in [3.63, 3.8) is 0 Å². The summed E-state index contributed by atoms with van der Waals surface area (Å²) in [4.78, 5) is 14.6. The Bertz CT molecular complexity index is 407. The van der Waals surface area contributed by atoms with Gasteiger partial charge in [-0.05, 0) is 25.0 Å². The van der Waals surface area contributed by atoms with E-state index in [9.17, 15) is 15.0 Å². The number of rotatable bonds is 5. The van der Waals surface area contributed by atoms with Crippen LogP contribution in [0.2, 0.25) is 0 Å². The molecule has 0 aromatic carbocycles. The number of carboxylic acid groups (broad SMARTS) is 1. The number of aliphatic hydroxyl groups excluding tert-OH is 3. The third-order valence-corrected chi connectivity index (χ3v) is 2.36. The first-order valence-corrected chi connectivity index (χ1v) is 5.14. The van der Waals surface area contributed by atoms with Crippen molar-refractivity contribution >= 4 is 5.97 Å². The number of pyridine rings is 1. The van der Waals surface area contributed by atoms with Crippen molar-refractivity contribution in [2.24, 2.45) is 0 Å². The summed E-state index contributed by atoms with van der Waals surface area (Å²) in [5.41, 5.74) is 0.443. The second-order valence-corrected chi connectivity index (χ2v) is 3.78. The Morgan fingerprint density at radius 3 is 2.65 bits per heavy atom. The highest BCUT2D eigenvalue weighted by Crippen LogP contribution is 2.22. The Labute approximate surface area is 98.2 Å². The van der Waals surface area contributed by atoms with Crippen LogP contribution in [0.4, 0.5) is 0 Å². The Balaban J connectivity index is 3.10. The van der Waals surface area contributed by atoms with Crippen LogP contribution >= 0.6 is 0 Å². The highest BCUT2D eigenvalue weighted by atomic mass is 16.4. The fourth-order valence-electron chi connectivity index (χ4n) is 1.49. The summed E-state index contributed by atoms with van der Waals surface area (Å²) < 4.78 is 0. The molecule has 0 amide bonds. The van der Waals surface area contributed by atoms with Gasteiger partial charge in [-0.1, -0.05) is 0 Å². The topological polar surface area (TPSA) is 111 Å². The summed E-state index contributed by atoms with van der Waals surface area (Å²) in [7, 11) is 0. The highest BCUT2D eigenvalue weighted by molar-refractivity contribution is 5.87. The van der Waals surface area contributed by atoms with E-state index in [-0.39, 0.29) is 24.3 Å². The maximum Gasteiger partial charge on any atom is 0.354 e. The molecule has 4 N–H and O–H groups in total. The third-order valence-electron chi connectivity index (χ3n) is 2.36. The van der Waals surface area contributed by atoms with E-state index in [4.69, 9.17) is 10.2 Å². The second kappa shape index (κ2) is 5.72. The number of hydrogen-bond donors (Lipinski definition) is 4. The van der Waals surface area contributed by atoms with Gasteiger partial charge in [-0.15, -0.1) is 0 Å². The molecule has 2 unspecified atom stereocenters. The molecule has 0 radical (unpaired) electrons. The molecule has 6 heteroatoms. The molecule has 0 spiro atoms. The van der Waals surface area contributed by atoms with Gasteiger partial charge in [0, 0.05) is 18.4 Å². The highest BCUT2D eigenvalue weighted by Gasteiger charge is 2.24. The fourth-order valence-corrected chi connectivity index (χ4v) is 1.49. The Morgan fingerprint density at radius 2 is 2.12 bits per heavy atom. The van der Waals surface area contributed by atoms with Gasteiger partial charge in [0.25, 0.3) is 0 Å². The largest absolute Gasteiger partial charge is 0.477 e. The zero-order valence-corrected chi connectivity index (χ0v) is 9.37. The van der Waals surface area contributed by atoms with Gasteiger partial charge in [0.1, 0.15) is 6.10 Å². The second-order valence-electron chi connectivity index (χ2n) is 3.78. The number of aromatic nitrogens is 1. The molecule has 94 valence electrons. The number of aryl methyl sites for hydroxylation is 1. The summed E-state index contributed by atoms with van der Waals surface area (Å²) in [5, 5.41) is 36.9. The zero-order valence-electron chi connectivity index (χ0n) is 9.37. The standard InChI is InChI=1S/C11H15NO5/c1-6-4-7(9(11(16)17)12-5-6)10(15)8(14)2-3-13/h4-5,8,10,13-15H,2-3H2,1H3,(H,16,17). The van der Waals surface area contributed by atoms with Crippen LogP contribution in [0.25, 0.3) is 0 Å². The van der Waals surface area contributed by atoms with Crippen LogP contribution in [0.15, 0.2) is 12.3 Å². The molecule has 0 aliphatic heterocycles. The summed E-state index contributed by atoms with van der Waals surface area (Å²) in [5.74, 6) is -1.27. The maximum atomic E-state index is 10.9. The van der Waals surface area contributed by atoms with Crippen molar-refractivity contribution in [3.05, 3.63) is 29.1 Å². The minimum Gasteiger partial charge on any atom is -0.477 e. The summed E-state index contributed by atoms with van der Waals surface area (Å²) >= 11 is 0. The number of aliphatic hydroxyl groups is 3. The Morgan fingerprint density at radius 1 is 1.47 bits per heavy atom. The number of hydrogen-bond acceptors (Lipinski definition) is 5. The SMILES string of the molecule is Cc1cnc(C(=O)O)c(C(O)C(O)CCO)c1. The average Bonchev–Trinajstić information content (AvgIpc) is 2.27. The predicted molar refractivity (Wildman–Crippen MR) is 58.6 cm³/mol. The molecule has 0 aliphatic carbocycles. The van der Waals surface area contributed by atoms with E-state index in [1.165, 1.54) is 12.3 Å². The zero-order chi connectivity index (χ0) is 13.0. The predicted octanol–water partition coefficient (Wildman–Crippen LogP) is -0.135. The molecule has 2 atom stereocenters. The molecular formula is C11H15NO5. The van der Waals surface area contributed by atoms with Gasteiger partial charge >= 0.3 is 5.97 Å². The third kappa shape index (κ3) is 3.23. The van der Waals surface area contributed by atoms with Gasteiger partial charge < -0.3 is 20.4 Å². The number of nitrogens with zero attached hydrogens (tertiary/aromatic N) is 1. The average molecular weight is 241 g/mol. The van der Waals surface area contributed by atoms with Gasteiger partial charge in [0.05, 0.1) is 6.10 Å². The van der Waals surface area contributed by atoms with E-state index in [0.717, 1.165) is 0 Å². The van der Waals surface area contributed by atoms with E-state index in [1.54, 1.807) is 6.92 Å². The quantitative estimate of drug-likeness (QED) is 0.571. The van der Waals surface area contributed by atoms with Gasteiger partial charge in [0.2, 0.25) is 0 Å². The first-order valence-electron chi connectivity index (χ1n) is 5.14. The Hall–Kier alpha value is -1.50. The molecule has 6 nitrogen and oxygen atoms in total. The fraction of sp³-hybridized carbons (Fsp3) is 0.455. The van der Waals surface area contributed by atoms with Crippen LogP contribution in [-0.4, -0.2) is 44.1 Å². The van der Waals surface area contributed by atoms with Crippen LogP contribution in [-0.2, 0) is 0 Å². The molecule has 0 aliphatic rings. The van der Waals surface area contributed by atoms with E-state index >= 15 is 0 Å². The first-order chi connectivity index (χ1) is 7.97. The number of aromatic carboxylic acids is 1. The molecule has 0 bridgehead atoms. The van der Waals surface area contributed by atoms with Gasteiger partial charge in [0.15, 0.2) is 5.69 Å². The first kappa shape index (κ1) is 13.6. The molecule has 0 fully saturated rings. The lowest BCUT2D eigenvalue weighted by Crippen LogP contribution is -2.22. The van der Waals surface area contributed by atoms with E-state index in [2.05, 4.69) is 4.98 Å². The maximum absolute atomic E-state index is 10.9. The number of carbonyl (C=O) groups is 1. The van der Waals surface area contributed by atoms with E-state index in [0.29, 0.717) is 5.56 Å². The van der Waals surface area contributed by atoms with Gasteiger partial charge in [-0.3, -0.25) is 0 Å². The molecular weight excluding hydrogens is 226 g/mol. The smallest absolute Gasteiger partial charge is 0.354 e. The normalized spacial score (nSPS) is 14.4. The molecule has 1 aromatic rings. The van der Waals surface area contributed by atoms with Crippen molar-refractivity contribution in [1.82, 2.24) is 4.98 Å². The van der Waals surface area contributed by atoms with Crippen molar-refractivity contribution in [2.75, 3.05) is 6.61 Å². The van der Waals surface area contributed by atoms with Crippen molar-refractivity contribution in [1.29, 1.82) is 0 Å². The van der Waals surface area contributed by atoms with Crippen LogP contribution in [0, 0.1) is 6.92 Å². The summed E-state index contributed by atoms with van der Waals surface area (Å²) in [6.45, 7) is 1.41. The van der Waals surface area contributed by atoms with Gasteiger partial charge in [-0.2, -0.15) is 0 Å². The molecule has 0 saturated carbocycles. The molecule has 1 rings (SSSR count). The van der Waals surface area contributed by atoms with Gasteiger partial charge in [-0.25, -0.2) is 9.78 Å². The minimum atomic E-state index is -1.37. The lowest BCUT2D eigenvalue weighted by Gasteiger charge is -2.18. The van der Waals surface area contributed by atoms with Crippen LogP contribution < -0.4 is 0 Å². The van der Waals surface area contributed by atoms with Crippen LogP contribution in [0.5, 0.6) is 0 Å². The lowest BCUT2D eigenvalue weighted by atomic mass is 9.99. The monoisotopic (exact) mass is 241 g/mol. The summed E-state index contributed by atoms with van der Waals surface area (Å²) in [6, 6.07) is 1.46. The minimum absolute atomic E-state index is 0.0336. The molecule has 1 aromatic heterocycles. The van der Waals surface area contributed by atoms with Crippen LogP contribution in [0.3, 0.4) is 0 Å². The van der Waals surface area contributed by atoms with E-state index < -0.39 is 18.2 Å². The molecule has 0 saturated heterocycles. The number of carboxylic acids is 1. The molecule has 1 heterocycles. The van der Waals surface area contributed by atoms with Crippen LogP contribution in [0.1, 0.15) is 34.1 Å². The van der Waals surface area contributed by atoms with Crippen molar-refractivity contribution in [2.45, 2.75) is 25.6 Å². The molecule has 17 heavy (non-hydrogen) atoms. The van der Waals surface area contributed by atoms with Crippen molar-refractivity contribution in [3.8, 4) is 0 Å². The lowest BCUT2D eigenvalue weighted by molar-refractivity contribution is 0.00323. The Kier molecular flexibility index (Phi) is 4.56. The van der Waals surface area contributed by atoms with E-state index in [1.807, 2.05) is 0 Å². The van der Waals surface area contributed by atoms with Crippen molar-refractivity contribution < 1.29 is 25.2 Å². The summed E-state index contributed by atoms with van der Waals surface area (Å²) in [6.07, 6.45) is -1.26.